The lowest BCUT2D eigenvalue weighted by Crippen LogP contribution is -2.36. The molecule has 2 heterocycles. The van der Waals surface area contributed by atoms with Crippen LogP contribution >= 0.6 is 11.3 Å². The highest BCUT2D eigenvalue weighted by atomic mass is 32.1. The number of hydrogen-bond donors (Lipinski definition) is 1. The highest BCUT2D eigenvalue weighted by Gasteiger charge is 2.17. The Morgan fingerprint density at radius 2 is 2.08 bits per heavy atom. The van der Waals surface area contributed by atoms with Crippen LogP contribution in [0.4, 0.5) is 5.69 Å². The Kier molecular flexibility index (Phi) is 5.96. The first kappa shape index (κ1) is 17.1. The number of aryl methyl sites for hydroxylation is 1. The third-order valence-electron chi connectivity index (χ3n) is 4.19. The van der Waals surface area contributed by atoms with Crippen LogP contribution in [0.3, 0.4) is 0 Å². The summed E-state index contributed by atoms with van der Waals surface area (Å²) < 4.78 is 0. The van der Waals surface area contributed by atoms with Crippen LogP contribution in [0.2, 0.25) is 0 Å². The van der Waals surface area contributed by atoms with Gasteiger partial charge in [-0.25, -0.2) is 4.98 Å². The number of hydrogen-bond acceptors (Lipinski definition) is 5. The molecule has 1 aromatic carbocycles. The summed E-state index contributed by atoms with van der Waals surface area (Å²) in [5.74, 6) is 0.0639. The smallest absolute Gasteiger partial charge is 0.238 e. The van der Waals surface area contributed by atoms with Gasteiger partial charge in [-0.1, -0.05) is 12.1 Å². The number of carbonyl (C=O) groups excluding carboxylic acids is 1. The van der Waals surface area contributed by atoms with Crippen molar-refractivity contribution in [3.63, 3.8) is 0 Å². The molecule has 0 spiro atoms. The molecule has 0 aliphatic carbocycles. The van der Waals surface area contributed by atoms with Crippen LogP contribution in [0.25, 0.3) is 0 Å². The molecule has 0 bridgehead atoms. The first-order valence-corrected chi connectivity index (χ1v) is 9.26. The Morgan fingerprint density at radius 3 is 2.88 bits per heavy atom. The molecular weight excluding hydrogens is 320 g/mol. The van der Waals surface area contributed by atoms with Crippen molar-refractivity contribution in [3.8, 4) is 0 Å². The zero-order valence-electron chi connectivity index (χ0n) is 14.1. The average Bonchev–Trinajstić information content (AvgIpc) is 2.95. The number of thiazole rings is 1. The minimum Gasteiger partial charge on any atom is -0.325 e. The number of benzene rings is 1. The van der Waals surface area contributed by atoms with E-state index in [0.717, 1.165) is 50.4 Å². The van der Waals surface area contributed by atoms with Crippen LogP contribution in [-0.2, 0) is 11.3 Å². The fourth-order valence-corrected chi connectivity index (χ4v) is 3.65. The van der Waals surface area contributed by atoms with Gasteiger partial charge in [0.15, 0.2) is 0 Å². The number of amides is 1. The lowest BCUT2D eigenvalue weighted by atomic mass is 10.2. The molecule has 1 aromatic heterocycles. The van der Waals surface area contributed by atoms with Gasteiger partial charge in [-0.05, 0) is 44.1 Å². The van der Waals surface area contributed by atoms with Gasteiger partial charge in [0.2, 0.25) is 5.91 Å². The van der Waals surface area contributed by atoms with E-state index in [1.54, 1.807) is 11.3 Å². The normalized spacial score (nSPS) is 16.7. The second-order valence-electron chi connectivity index (χ2n) is 6.25. The molecule has 0 atom stereocenters. The SMILES string of the molecule is Cc1cccc(NC(=O)CN2CCCN(Cc3nccs3)CC2)c1. The largest absolute Gasteiger partial charge is 0.325 e. The summed E-state index contributed by atoms with van der Waals surface area (Å²) in [6.45, 7) is 7.34. The van der Waals surface area contributed by atoms with Crippen LogP contribution < -0.4 is 5.32 Å². The first-order valence-electron chi connectivity index (χ1n) is 8.38. The number of nitrogens with one attached hydrogen (secondary N) is 1. The van der Waals surface area contributed by atoms with E-state index in [2.05, 4.69) is 20.1 Å². The monoisotopic (exact) mass is 344 g/mol. The Morgan fingerprint density at radius 1 is 1.25 bits per heavy atom. The van der Waals surface area contributed by atoms with E-state index < -0.39 is 0 Å². The van der Waals surface area contributed by atoms with Crippen molar-refractivity contribution in [3.05, 3.63) is 46.4 Å². The van der Waals surface area contributed by atoms with Crippen LogP contribution in [0.15, 0.2) is 35.8 Å². The van der Waals surface area contributed by atoms with E-state index >= 15 is 0 Å². The maximum Gasteiger partial charge on any atom is 0.238 e. The molecule has 3 rings (SSSR count). The van der Waals surface area contributed by atoms with Crippen molar-refractivity contribution < 1.29 is 4.79 Å². The standard InChI is InChI=1S/C18H24N4OS/c1-15-4-2-5-16(12-15)20-17(23)13-21-7-3-8-22(10-9-21)14-18-19-6-11-24-18/h2,4-6,11-12H,3,7-10,13-14H2,1H3,(H,20,23). The summed E-state index contributed by atoms with van der Waals surface area (Å²) in [5, 5.41) is 6.19. The summed E-state index contributed by atoms with van der Waals surface area (Å²) in [7, 11) is 0. The van der Waals surface area contributed by atoms with Crippen molar-refractivity contribution in [2.75, 3.05) is 38.0 Å². The van der Waals surface area contributed by atoms with Crippen molar-refractivity contribution in [1.82, 2.24) is 14.8 Å². The fraction of sp³-hybridized carbons (Fsp3) is 0.444. The lowest BCUT2D eigenvalue weighted by Gasteiger charge is -2.20. The third-order valence-corrected chi connectivity index (χ3v) is 4.96. The van der Waals surface area contributed by atoms with Gasteiger partial charge in [0.05, 0.1) is 13.1 Å². The minimum atomic E-state index is 0.0639. The molecule has 6 heteroatoms. The van der Waals surface area contributed by atoms with E-state index in [9.17, 15) is 4.79 Å². The zero-order chi connectivity index (χ0) is 16.8. The number of rotatable bonds is 5. The second-order valence-corrected chi connectivity index (χ2v) is 7.23. The molecule has 2 aromatic rings. The van der Waals surface area contributed by atoms with Gasteiger partial charge in [-0.15, -0.1) is 11.3 Å². The van der Waals surface area contributed by atoms with Gasteiger partial charge >= 0.3 is 0 Å². The zero-order valence-corrected chi connectivity index (χ0v) is 14.9. The molecule has 24 heavy (non-hydrogen) atoms. The molecular formula is C18H24N4OS. The average molecular weight is 344 g/mol. The summed E-state index contributed by atoms with van der Waals surface area (Å²) in [6, 6.07) is 7.92. The summed E-state index contributed by atoms with van der Waals surface area (Å²) in [6.07, 6.45) is 2.95. The molecule has 1 aliphatic heterocycles. The molecule has 0 radical (unpaired) electrons. The van der Waals surface area contributed by atoms with Gasteiger partial charge in [-0.3, -0.25) is 14.6 Å². The molecule has 0 unspecified atom stereocenters. The van der Waals surface area contributed by atoms with Crippen molar-refractivity contribution >= 4 is 22.9 Å². The van der Waals surface area contributed by atoms with E-state index in [4.69, 9.17) is 0 Å². The second kappa shape index (κ2) is 8.37. The van der Waals surface area contributed by atoms with E-state index in [0.29, 0.717) is 6.54 Å². The predicted octanol–water partition coefficient (Wildman–Crippen LogP) is 2.60. The van der Waals surface area contributed by atoms with E-state index in [1.807, 2.05) is 42.8 Å². The minimum absolute atomic E-state index is 0.0639. The Labute approximate surface area is 147 Å². The molecule has 0 saturated carbocycles. The van der Waals surface area contributed by atoms with Gasteiger partial charge < -0.3 is 5.32 Å². The van der Waals surface area contributed by atoms with Crippen molar-refractivity contribution in [2.24, 2.45) is 0 Å². The van der Waals surface area contributed by atoms with Crippen LogP contribution in [0.1, 0.15) is 17.0 Å². The Bertz CT molecular complexity index is 659. The van der Waals surface area contributed by atoms with Gasteiger partial charge in [-0.2, -0.15) is 0 Å². The molecule has 128 valence electrons. The number of nitrogens with zero attached hydrogens (tertiary/aromatic N) is 3. The summed E-state index contributed by atoms with van der Waals surface area (Å²) >= 11 is 1.71. The quantitative estimate of drug-likeness (QED) is 0.906. The molecule has 1 N–H and O–H groups in total. The molecule has 1 saturated heterocycles. The lowest BCUT2D eigenvalue weighted by molar-refractivity contribution is -0.117. The first-order chi connectivity index (χ1) is 11.7. The Balaban J connectivity index is 1.46. The number of anilines is 1. The van der Waals surface area contributed by atoms with Crippen LogP contribution in [0.5, 0.6) is 0 Å². The van der Waals surface area contributed by atoms with Crippen molar-refractivity contribution in [2.45, 2.75) is 19.9 Å². The predicted molar refractivity (Wildman–Crippen MR) is 98.3 cm³/mol. The Hall–Kier alpha value is -1.76. The van der Waals surface area contributed by atoms with Gasteiger partial charge in [0.25, 0.3) is 0 Å². The topological polar surface area (TPSA) is 48.5 Å². The maximum atomic E-state index is 12.3. The summed E-state index contributed by atoms with van der Waals surface area (Å²) in [5.41, 5.74) is 2.03. The highest BCUT2D eigenvalue weighted by molar-refractivity contribution is 7.09. The molecule has 5 nitrogen and oxygen atoms in total. The van der Waals surface area contributed by atoms with E-state index in [1.165, 1.54) is 5.01 Å². The summed E-state index contributed by atoms with van der Waals surface area (Å²) in [4.78, 5) is 21.3. The fourth-order valence-electron chi connectivity index (χ4n) is 2.99. The van der Waals surface area contributed by atoms with Crippen LogP contribution in [0, 0.1) is 6.92 Å². The maximum absolute atomic E-state index is 12.3. The van der Waals surface area contributed by atoms with E-state index in [-0.39, 0.29) is 5.91 Å². The molecule has 1 aliphatic rings. The molecule has 1 fully saturated rings. The van der Waals surface area contributed by atoms with Gasteiger partial charge in [0.1, 0.15) is 5.01 Å². The van der Waals surface area contributed by atoms with Crippen LogP contribution in [-0.4, -0.2) is 53.4 Å². The number of carbonyl (C=O) groups is 1. The molecule has 1 amide bonds. The van der Waals surface area contributed by atoms with Crippen molar-refractivity contribution in [1.29, 1.82) is 0 Å². The third kappa shape index (κ3) is 5.12. The highest BCUT2D eigenvalue weighted by Crippen LogP contribution is 2.12. The van der Waals surface area contributed by atoms with Gasteiger partial charge in [0, 0.05) is 30.4 Å². The number of aromatic nitrogens is 1.